The van der Waals surface area contributed by atoms with Gasteiger partial charge in [-0.15, -0.1) is 0 Å². The first-order chi connectivity index (χ1) is 6.16. The minimum atomic E-state index is 0.0596. The molecule has 1 aromatic heterocycles. The average molecular weight is 178 g/mol. The van der Waals surface area contributed by atoms with Gasteiger partial charge in [0.1, 0.15) is 0 Å². The van der Waals surface area contributed by atoms with E-state index in [0.717, 1.165) is 29.8 Å². The molecule has 0 aromatic carbocycles. The summed E-state index contributed by atoms with van der Waals surface area (Å²) in [5.41, 5.74) is 2.78. The first-order valence-corrected chi connectivity index (χ1v) is 4.64. The molecule has 0 unspecified atom stereocenters. The summed E-state index contributed by atoms with van der Waals surface area (Å²) in [5.74, 6) is 0.0596. The van der Waals surface area contributed by atoms with E-state index < -0.39 is 0 Å². The maximum atomic E-state index is 11.6. The van der Waals surface area contributed by atoms with Crippen molar-refractivity contribution in [2.45, 2.75) is 32.7 Å². The molecule has 13 heavy (non-hydrogen) atoms. The van der Waals surface area contributed by atoms with Gasteiger partial charge in [-0.1, -0.05) is 0 Å². The van der Waals surface area contributed by atoms with E-state index in [1.807, 2.05) is 19.9 Å². The van der Waals surface area contributed by atoms with Crippen LogP contribution in [0.2, 0.25) is 0 Å². The van der Waals surface area contributed by atoms with Gasteiger partial charge in [0.05, 0.1) is 5.56 Å². The predicted molar refractivity (Wildman–Crippen MR) is 50.8 cm³/mol. The molecule has 2 rings (SSSR count). The molecule has 1 fully saturated rings. The quantitative estimate of drug-likeness (QED) is 0.708. The number of aromatic amines is 1. The van der Waals surface area contributed by atoms with Crippen LogP contribution < -0.4 is 5.32 Å². The van der Waals surface area contributed by atoms with Crippen LogP contribution in [-0.4, -0.2) is 16.9 Å². The molecule has 1 aliphatic rings. The number of aromatic nitrogens is 1. The molecule has 1 aromatic rings. The number of hydrogen-bond acceptors (Lipinski definition) is 1. The largest absolute Gasteiger partial charge is 0.362 e. The van der Waals surface area contributed by atoms with Crippen molar-refractivity contribution in [1.29, 1.82) is 0 Å². The molecule has 0 aliphatic heterocycles. The van der Waals surface area contributed by atoms with Gasteiger partial charge in [0, 0.05) is 17.4 Å². The fourth-order valence-electron chi connectivity index (χ4n) is 1.45. The van der Waals surface area contributed by atoms with E-state index in [1.165, 1.54) is 0 Å². The van der Waals surface area contributed by atoms with Crippen molar-refractivity contribution in [2.24, 2.45) is 0 Å². The van der Waals surface area contributed by atoms with Gasteiger partial charge < -0.3 is 10.3 Å². The molecule has 1 saturated carbocycles. The maximum absolute atomic E-state index is 11.6. The molecule has 3 nitrogen and oxygen atoms in total. The number of carbonyl (C=O) groups excluding carboxylic acids is 1. The molecule has 70 valence electrons. The zero-order valence-corrected chi connectivity index (χ0v) is 7.98. The first kappa shape index (κ1) is 8.35. The van der Waals surface area contributed by atoms with E-state index in [1.54, 1.807) is 0 Å². The Hall–Kier alpha value is -1.25. The van der Waals surface area contributed by atoms with Crippen molar-refractivity contribution >= 4 is 5.91 Å². The number of carbonyl (C=O) groups is 1. The molecule has 0 saturated heterocycles. The van der Waals surface area contributed by atoms with Crippen LogP contribution in [0.1, 0.15) is 34.6 Å². The van der Waals surface area contributed by atoms with Gasteiger partial charge in [0.25, 0.3) is 5.91 Å². The first-order valence-electron chi connectivity index (χ1n) is 4.64. The second-order valence-corrected chi connectivity index (χ2v) is 3.74. The standard InChI is InChI=1S/C10H14N2O/c1-6-5-9(7(2)11-6)10(13)12-8-3-4-8/h5,8,11H,3-4H2,1-2H3,(H,12,13). The Bertz CT molecular complexity index is 337. The van der Waals surface area contributed by atoms with Crippen molar-refractivity contribution in [3.8, 4) is 0 Å². The Labute approximate surface area is 77.5 Å². The summed E-state index contributed by atoms with van der Waals surface area (Å²) in [7, 11) is 0. The Kier molecular flexibility index (Phi) is 1.87. The summed E-state index contributed by atoms with van der Waals surface area (Å²) < 4.78 is 0. The number of hydrogen-bond donors (Lipinski definition) is 2. The average Bonchev–Trinajstić information content (AvgIpc) is 2.77. The van der Waals surface area contributed by atoms with Crippen LogP contribution >= 0.6 is 0 Å². The molecule has 0 spiro atoms. The monoisotopic (exact) mass is 178 g/mol. The van der Waals surface area contributed by atoms with Gasteiger partial charge in [-0.3, -0.25) is 4.79 Å². The summed E-state index contributed by atoms with van der Waals surface area (Å²) >= 11 is 0. The SMILES string of the molecule is Cc1cc(C(=O)NC2CC2)c(C)[nH]1. The predicted octanol–water partition coefficient (Wildman–Crippen LogP) is 1.52. The van der Waals surface area contributed by atoms with Crippen molar-refractivity contribution in [1.82, 2.24) is 10.3 Å². The Morgan fingerprint density at radius 2 is 2.23 bits per heavy atom. The Morgan fingerprint density at radius 1 is 1.54 bits per heavy atom. The Morgan fingerprint density at radius 3 is 2.69 bits per heavy atom. The molecular weight excluding hydrogens is 164 g/mol. The van der Waals surface area contributed by atoms with Gasteiger partial charge in [-0.05, 0) is 32.8 Å². The number of amides is 1. The second-order valence-electron chi connectivity index (χ2n) is 3.74. The third-order valence-electron chi connectivity index (χ3n) is 2.31. The Balaban J connectivity index is 2.13. The van der Waals surface area contributed by atoms with Gasteiger partial charge in [-0.2, -0.15) is 0 Å². The van der Waals surface area contributed by atoms with Crippen LogP contribution in [0.5, 0.6) is 0 Å². The summed E-state index contributed by atoms with van der Waals surface area (Å²) in [6.45, 7) is 3.88. The summed E-state index contributed by atoms with van der Waals surface area (Å²) in [6, 6.07) is 2.33. The highest BCUT2D eigenvalue weighted by atomic mass is 16.1. The van der Waals surface area contributed by atoms with Crippen LogP contribution in [0.25, 0.3) is 0 Å². The van der Waals surface area contributed by atoms with Crippen molar-refractivity contribution in [3.63, 3.8) is 0 Å². The van der Waals surface area contributed by atoms with Crippen LogP contribution in [0.3, 0.4) is 0 Å². The number of H-pyrrole nitrogens is 1. The van der Waals surface area contributed by atoms with Gasteiger partial charge >= 0.3 is 0 Å². The zero-order valence-electron chi connectivity index (χ0n) is 7.98. The lowest BCUT2D eigenvalue weighted by Gasteiger charge is -2.00. The van der Waals surface area contributed by atoms with Crippen LogP contribution in [-0.2, 0) is 0 Å². The molecular formula is C10H14N2O. The highest BCUT2D eigenvalue weighted by molar-refractivity contribution is 5.95. The van der Waals surface area contributed by atoms with Crippen molar-refractivity contribution in [2.75, 3.05) is 0 Å². The third-order valence-corrected chi connectivity index (χ3v) is 2.31. The van der Waals surface area contributed by atoms with Crippen molar-refractivity contribution < 1.29 is 4.79 Å². The third kappa shape index (κ3) is 1.74. The molecule has 0 bridgehead atoms. The second kappa shape index (κ2) is 2.91. The van der Waals surface area contributed by atoms with E-state index >= 15 is 0 Å². The summed E-state index contributed by atoms with van der Waals surface area (Å²) in [6.07, 6.45) is 2.27. The van der Waals surface area contributed by atoms with Crippen LogP contribution in [0, 0.1) is 13.8 Å². The van der Waals surface area contributed by atoms with Gasteiger partial charge in [0.15, 0.2) is 0 Å². The van der Waals surface area contributed by atoms with E-state index in [4.69, 9.17) is 0 Å². The number of rotatable bonds is 2. The summed E-state index contributed by atoms with van der Waals surface area (Å²) in [5, 5.41) is 2.97. The number of nitrogens with one attached hydrogen (secondary N) is 2. The fourth-order valence-corrected chi connectivity index (χ4v) is 1.45. The maximum Gasteiger partial charge on any atom is 0.253 e. The normalized spacial score (nSPS) is 15.8. The highest BCUT2D eigenvalue weighted by Gasteiger charge is 2.24. The van der Waals surface area contributed by atoms with E-state index in [0.29, 0.717) is 6.04 Å². The fraction of sp³-hybridized carbons (Fsp3) is 0.500. The molecule has 3 heteroatoms. The van der Waals surface area contributed by atoms with Gasteiger partial charge in [-0.25, -0.2) is 0 Å². The van der Waals surface area contributed by atoms with Crippen LogP contribution in [0.4, 0.5) is 0 Å². The topological polar surface area (TPSA) is 44.9 Å². The molecule has 2 N–H and O–H groups in total. The van der Waals surface area contributed by atoms with Crippen molar-refractivity contribution in [3.05, 3.63) is 23.0 Å². The highest BCUT2D eigenvalue weighted by Crippen LogP contribution is 2.20. The lowest BCUT2D eigenvalue weighted by atomic mass is 10.2. The zero-order chi connectivity index (χ0) is 9.42. The van der Waals surface area contributed by atoms with E-state index in [-0.39, 0.29) is 5.91 Å². The van der Waals surface area contributed by atoms with E-state index in [9.17, 15) is 4.79 Å². The summed E-state index contributed by atoms with van der Waals surface area (Å²) in [4.78, 5) is 14.7. The number of aryl methyl sites for hydroxylation is 2. The minimum absolute atomic E-state index is 0.0596. The smallest absolute Gasteiger partial charge is 0.253 e. The van der Waals surface area contributed by atoms with E-state index in [2.05, 4.69) is 10.3 Å². The lowest BCUT2D eigenvalue weighted by molar-refractivity contribution is 0.0950. The minimum Gasteiger partial charge on any atom is -0.362 e. The molecule has 1 amide bonds. The molecule has 1 heterocycles. The lowest BCUT2D eigenvalue weighted by Crippen LogP contribution is -2.25. The molecule has 1 aliphatic carbocycles. The molecule has 0 atom stereocenters. The molecule has 0 radical (unpaired) electrons. The van der Waals surface area contributed by atoms with Crippen LogP contribution in [0.15, 0.2) is 6.07 Å². The van der Waals surface area contributed by atoms with Gasteiger partial charge in [0.2, 0.25) is 0 Å².